The van der Waals surface area contributed by atoms with Crippen LogP contribution in [0.2, 0.25) is 0 Å². The first-order valence-electron chi connectivity index (χ1n) is 11.9. The fourth-order valence-corrected chi connectivity index (χ4v) is 5.23. The number of esters is 1. The van der Waals surface area contributed by atoms with Gasteiger partial charge in [0.25, 0.3) is 5.56 Å². The number of carbonyl (C=O) groups excluding carboxylic acids is 1. The van der Waals surface area contributed by atoms with E-state index in [0.29, 0.717) is 23.4 Å². The summed E-state index contributed by atoms with van der Waals surface area (Å²) >= 11 is 0. The first-order valence-corrected chi connectivity index (χ1v) is 11.9. The minimum Gasteiger partial charge on any atom is -0.458 e. The lowest BCUT2D eigenvalue weighted by atomic mass is 9.86. The monoisotopic (exact) mass is 462 g/mol. The van der Waals surface area contributed by atoms with Crippen molar-refractivity contribution in [3.05, 3.63) is 56.6 Å². The first-order chi connectivity index (χ1) is 16.3. The van der Waals surface area contributed by atoms with Crippen LogP contribution in [-0.4, -0.2) is 51.2 Å². The highest BCUT2D eigenvalue weighted by Crippen LogP contribution is 2.40. The number of hydrogen-bond donors (Lipinski definition) is 1. The van der Waals surface area contributed by atoms with Crippen LogP contribution in [0.4, 0.5) is 0 Å². The molecule has 0 aromatic carbocycles. The van der Waals surface area contributed by atoms with E-state index in [4.69, 9.17) is 9.72 Å². The third-order valence-electron chi connectivity index (χ3n) is 7.14. The Balaban J connectivity index is 1.65. The Morgan fingerprint density at radius 3 is 2.71 bits per heavy atom. The van der Waals surface area contributed by atoms with Gasteiger partial charge in [-0.3, -0.25) is 9.78 Å². The van der Waals surface area contributed by atoms with Crippen LogP contribution in [0.25, 0.3) is 22.3 Å². The summed E-state index contributed by atoms with van der Waals surface area (Å²) < 4.78 is 6.86. The smallest absolute Gasteiger partial charge is 0.343 e. The summed E-state index contributed by atoms with van der Waals surface area (Å²) in [5, 5.41) is 12.1. The molecule has 8 nitrogen and oxygen atoms in total. The van der Waals surface area contributed by atoms with Crippen molar-refractivity contribution >= 4 is 16.9 Å². The number of aryl methyl sites for hydroxylation is 2. The Hall–Kier alpha value is -3.10. The second-order valence-electron chi connectivity index (χ2n) is 9.47. The molecule has 3 aromatic heterocycles. The third-order valence-corrected chi connectivity index (χ3v) is 7.14. The number of pyridine rings is 3. The number of carbonyl (C=O) groups is 1. The van der Waals surface area contributed by atoms with Crippen molar-refractivity contribution in [1.29, 1.82) is 0 Å². The first kappa shape index (κ1) is 22.7. The molecule has 1 atom stereocenters. The van der Waals surface area contributed by atoms with E-state index in [9.17, 15) is 14.7 Å². The number of fused-ring (bicyclic) bond motifs is 5. The fourth-order valence-electron chi connectivity index (χ4n) is 5.23. The van der Waals surface area contributed by atoms with Crippen molar-refractivity contribution in [3.8, 4) is 11.4 Å². The quantitative estimate of drug-likeness (QED) is 0.440. The molecule has 2 aliphatic heterocycles. The van der Waals surface area contributed by atoms with E-state index in [1.807, 2.05) is 6.20 Å². The molecule has 5 heterocycles. The number of hydrogen-bond acceptors (Lipinski definition) is 7. The van der Waals surface area contributed by atoms with Crippen LogP contribution in [-0.2, 0) is 41.1 Å². The molecule has 0 spiro atoms. The van der Waals surface area contributed by atoms with Crippen LogP contribution in [0.15, 0.2) is 23.1 Å². The lowest BCUT2D eigenvalue weighted by Gasteiger charge is -2.31. The highest BCUT2D eigenvalue weighted by Gasteiger charge is 2.45. The molecule has 0 unspecified atom stereocenters. The zero-order valence-corrected chi connectivity index (χ0v) is 20.1. The molecule has 3 aromatic rings. The molecule has 0 aliphatic carbocycles. The van der Waals surface area contributed by atoms with Crippen LogP contribution in [0, 0.1) is 0 Å². The average Bonchev–Trinajstić information content (AvgIpc) is 3.18. The van der Waals surface area contributed by atoms with Crippen molar-refractivity contribution in [1.82, 2.24) is 19.4 Å². The highest BCUT2D eigenvalue weighted by atomic mass is 16.6. The number of rotatable bonds is 6. The van der Waals surface area contributed by atoms with E-state index in [1.165, 1.54) is 0 Å². The van der Waals surface area contributed by atoms with Crippen LogP contribution in [0.5, 0.6) is 0 Å². The lowest BCUT2D eigenvalue weighted by Crippen LogP contribution is -2.44. The normalized spacial score (nSPS) is 18.7. The third kappa shape index (κ3) is 3.35. The number of cyclic esters (lactones) is 1. The minimum atomic E-state index is -1.82. The van der Waals surface area contributed by atoms with Gasteiger partial charge in [0, 0.05) is 22.2 Å². The molecule has 0 bridgehead atoms. The maximum absolute atomic E-state index is 13.4. The Bertz CT molecular complexity index is 1380. The summed E-state index contributed by atoms with van der Waals surface area (Å²) in [6, 6.07) is 3.89. The summed E-state index contributed by atoms with van der Waals surface area (Å²) in [6.45, 7) is 5.11. The summed E-state index contributed by atoms with van der Waals surface area (Å²) in [5.41, 5.74) is 3.99. The molecule has 178 valence electrons. The summed E-state index contributed by atoms with van der Waals surface area (Å²) in [6.07, 6.45) is 4.66. The van der Waals surface area contributed by atoms with Gasteiger partial charge in [0.1, 0.15) is 6.61 Å². The second kappa shape index (κ2) is 8.29. The summed E-state index contributed by atoms with van der Waals surface area (Å²) in [4.78, 5) is 37.5. The zero-order valence-electron chi connectivity index (χ0n) is 20.1. The van der Waals surface area contributed by atoms with Gasteiger partial charge in [-0.2, -0.15) is 0 Å². The number of ether oxygens (including phenoxy) is 1. The second-order valence-corrected chi connectivity index (χ2v) is 9.47. The maximum Gasteiger partial charge on any atom is 0.343 e. The van der Waals surface area contributed by atoms with Gasteiger partial charge < -0.3 is 19.3 Å². The molecular formula is C26H30N4O4. The van der Waals surface area contributed by atoms with Gasteiger partial charge in [0.05, 0.1) is 35.2 Å². The van der Waals surface area contributed by atoms with Gasteiger partial charge in [-0.25, -0.2) is 9.78 Å². The molecule has 1 N–H and O–H groups in total. The molecule has 0 saturated carbocycles. The molecule has 0 saturated heterocycles. The fraction of sp³-hybridized carbons (Fsp3) is 0.462. The van der Waals surface area contributed by atoms with Crippen molar-refractivity contribution in [2.45, 2.75) is 58.3 Å². The molecule has 0 fully saturated rings. The predicted octanol–water partition coefficient (Wildman–Crippen LogP) is 2.53. The molecule has 34 heavy (non-hydrogen) atoms. The standard InChI is InChI=1S/C26H30N4O4/c1-5-16-17-10-15(8-7-9-29(3)4)27-12-21(17)28-23-18(16)13-30-22(23)11-20-19(24(30)31)14-34-25(32)26(20,33)6-2/h10-12,33H,5-9,13-14H2,1-4H3/t26-/m0/s1. The van der Waals surface area contributed by atoms with Crippen molar-refractivity contribution < 1.29 is 14.6 Å². The van der Waals surface area contributed by atoms with Gasteiger partial charge in [-0.1, -0.05) is 13.8 Å². The molecule has 0 radical (unpaired) electrons. The van der Waals surface area contributed by atoms with E-state index in [2.05, 4.69) is 37.0 Å². The number of nitrogens with zero attached hydrogens (tertiary/aromatic N) is 4. The summed E-state index contributed by atoms with van der Waals surface area (Å²) in [5.74, 6) is -0.711. The molecule has 5 rings (SSSR count). The van der Waals surface area contributed by atoms with E-state index >= 15 is 0 Å². The number of aromatic nitrogens is 3. The van der Waals surface area contributed by atoms with Crippen LogP contribution in [0.1, 0.15) is 54.6 Å². The molecule has 0 amide bonds. The van der Waals surface area contributed by atoms with Crippen molar-refractivity contribution in [2.24, 2.45) is 0 Å². The minimum absolute atomic E-state index is 0.123. The lowest BCUT2D eigenvalue weighted by molar-refractivity contribution is -0.172. The molecule has 2 aliphatic rings. The topological polar surface area (TPSA) is 97.5 Å². The average molecular weight is 463 g/mol. The van der Waals surface area contributed by atoms with Gasteiger partial charge in [-0.05, 0) is 64.0 Å². The molecular weight excluding hydrogens is 432 g/mol. The van der Waals surface area contributed by atoms with Crippen molar-refractivity contribution in [2.75, 3.05) is 20.6 Å². The Morgan fingerprint density at radius 1 is 1.21 bits per heavy atom. The Labute approximate surface area is 198 Å². The predicted molar refractivity (Wildman–Crippen MR) is 129 cm³/mol. The zero-order chi connectivity index (χ0) is 24.2. The molecule has 8 heteroatoms. The van der Waals surface area contributed by atoms with E-state index < -0.39 is 11.6 Å². The SMILES string of the molecule is CCc1c2c(nc3cnc(CCCN(C)C)cc13)-c1cc3c(c(=O)n1C2)COC(=O)[C@]3(O)CC. The van der Waals surface area contributed by atoms with Gasteiger partial charge >= 0.3 is 5.97 Å². The van der Waals surface area contributed by atoms with Gasteiger partial charge in [0.2, 0.25) is 0 Å². The summed E-state index contributed by atoms with van der Waals surface area (Å²) in [7, 11) is 4.13. The van der Waals surface area contributed by atoms with Crippen LogP contribution < -0.4 is 5.56 Å². The van der Waals surface area contributed by atoms with E-state index in [-0.39, 0.29) is 18.6 Å². The Morgan fingerprint density at radius 2 is 2.00 bits per heavy atom. The maximum atomic E-state index is 13.4. The van der Waals surface area contributed by atoms with Crippen LogP contribution in [0.3, 0.4) is 0 Å². The largest absolute Gasteiger partial charge is 0.458 e. The van der Waals surface area contributed by atoms with Crippen molar-refractivity contribution in [3.63, 3.8) is 0 Å². The van der Waals surface area contributed by atoms with E-state index in [0.717, 1.165) is 59.2 Å². The number of aliphatic hydroxyl groups is 1. The van der Waals surface area contributed by atoms with Gasteiger partial charge in [0.15, 0.2) is 5.60 Å². The van der Waals surface area contributed by atoms with E-state index in [1.54, 1.807) is 17.6 Å². The highest BCUT2D eigenvalue weighted by molar-refractivity contribution is 5.88. The Kier molecular flexibility index (Phi) is 5.53. The van der Waals surface area contributed by atoms with Crippen LogP contribution >= 0.6 is 0 Å². The van der Waals surface area contributed by atoms with Gasteiger partial charge in [-0.15, -0.1) is 0 Å².